The maximum absolute atomic E-state index is 12.7. The van der Waals surface area contributed by atoms with E-state index in [2.05, 4.69) is 5.32 Å². The maximum atomic E-state index is 12.7. The van der Waals surface area contributed by atoms with Gasteiger partial charge in [0.15, 0.2) is 0 Å². The minimum Gasteiger partial charge on any atom is -0.383 e. The number of ether oxygens (including phenoxy) is 1. The molecule has 1 heterocycles. The number of sulfonamides is 1. The van der Waals surface area contributed by atoms with Crippen LogP contribution in [0.4, 0.5) is 5.69 Å². The third kappa shape index (κ3) is 2.32. The van der Waals surface area contributed by atoms with E-state index in [9.17, 15) is 13.2 Å². The number of nitrogens with one attached hydrogen (secondary N) is 1. The molecule has 6 nitrogen and oxygen atoms in total. The van der Waals surface area contributed by atoms with Crippen LogP contribution in [0.2, 0.25) is 0 Å². The Bertz CT molecular complexity index is 827. The fourth-order valence-corrected chi connectivity index (χ4v) is 4.27. The SMILES string of the molecule is COCCNC(=O)CN1c2cccc3cccc(c23)S1(=O)=O. The highest BCUT2D eigenvalue weighted by Gasteiger charge is 2.36. The summed E-state index contributed by atoms with van der Waals surface area (Å²) in [5.41, 5.74) is 0.551. The molecule has 1 aliphatic heterocycles. The van der Waals surface area contributed by atoms with Crippen LogP contribution in [0, 0.1) is 0 Å². The van der Waals surface area contributed by atoms with Gasteiger partial charge in [0.2, 0.25) is 5.91 Å². The molecule has 116 valence electrons. The third-order valence-electron chi connectivity index (χ3n) is 3.60. The molecule has 0 saturated heterocycles. The van der Waals surface area contributed by atoms with Crippen molar-refractivity contribution in [1.82, 2.24) is 5.32 Å². The summed E-state index contributed by atoms with van der Waals surface area (Å²) in [5, 5.41) is 4.16. The van der Waals surface area contributed by atoms with Crippen LogP contribution in [0.25, 0.3) is 10.8 Å². The third-order valence-corrected chi connectivity index (χ3v) is 5.40. The molecule has 1 aliphatic rings. The molecule has 0 bridgehead atoms. The Morgan fingerprint density at radius 2 is 1.95 bits per heavy atom. The molecule has 1 N–H and O–H groups in total. The summed E-state index contributed by atoms with van der Waals surface area (Å²) in [5.74, 6) is -0.356. The molecule has 0 atom stereocenters. The quantitative estimate of drug-likeness (QED) is 0.838. The van der Waals surface area contributed by atoms with Crippen molar-refractivity contribution in [2.24, 2.45) is 0 Å². The van der Waals surface area contributed by atoms with Gasteiger partial charge >= 0.3 is 0 Å². The number of nitrogens with zero attached hydrogens (tertiary/aromatic N) is 1. The Hall–Kier alpha value is -2.12. The van der Waals surface area contributed by atoms with Crippen molar-refractivity contribution in [3.63, 3.8) is 0 Å². The van der Waals surface area contributed by atoms with Crippen molar-refractivity contribution in [1.29, 1.82) is 0 Å². The smallest absolute Gasteiger partial charge is 0.265 e. The second-order valence-electron chi connectivity index (χ2n) is 4.99. The van der Waals surface area contributed by atoms with Crippen LogP contribution in [0.3, 0.4) is 0 Å². The van der Waals surface area contributed by atoms with E-state index in [1.165, 1.54) is 7.11 Å². The van der Waals surface area contributed by atoms with Gasteiger partial charge in [0.05, 0.1) is 17.2 Å². The van der Waals surface area contributed by atoms with Crippen molar-refractivity contribution in [3.05, 3.63) is 36.4 Å². The first-order chi connectivity index (χ1) is 10.6. The molecule has 0 spiro atoms. The average molecular weight is 320 g/mol. The first kappa shape index (κ1) is 14.8. The molecule has 1 amide bonds. The number of anilines is 1. The van der Waals surface area contributed by atoms with Crippen LogP contribution in [0.5, 0.6) is 0 Å². The molecule has 2 aromatic carbocycles. The summed E-state index contributed by atoms with van der Waals surface area (Å²) in [4.78, 5) is 12.2. The van der Waals surface area contributed by atoms with Gasteiger partial charge < -0.3 is 10.1 Å². The van der Waals surface area contributed by atoms with Gasteiger partial charge in [-0.3, -0.25) is 9.10 Å². The second kappa shape index (κ2) is 5.58. The molecule has 0 unspecified atom stereocenters. The maximum Gasteiger partial charge on any atom is 0.265 e. The molecule has 3 rings (SSSR count). The van der Waals surface area contributed by atoms with Crippen molar-refractivity contribution in [3.8, 4) is 0 Å². The number of methoxy groups -OCH3 is 1. The number of rotatable bonds is 5. The van der Waals surface area contributed by atoms with Crippen LogP contribution in [0.15, 0.2) is 41.3 Å². The van der Waals surface area contributed by atoms with E-state index in [4.69, 9.17) is 4.74 Å². The van der Waals surface area contributed by atoms with E-state index in [-0.39, 0.29) is 17.3 Å². The van der Waals surface area contributed by atoms with Gasteiger partial charge in [0.25, 0.3) is 10.0 Å². The summed E-state index contributed by atoms with van der Waals surface area (Å²) in [6.07, 6.45) is 0. The Morgan fingerprint density at radius 1 is 1.23 bits per heavy atom. The molecular formula is C15H16N2O4S. The van der Waals surface area contributed by atoms with Gasteiger partial charge in [-0.2, -0.15) is 0 Å². The van der Waals surface area contributed by atoms with Crippen LogP contribution >= 0.6 is 0 Å². The van der Waals surface area contributed by atoms with E-state index < -0.39 is 10.0 Å². The molecular weight excluding hydrogens is 304 g/mol. The van der Waals surface area contributed by atoms with Gasteiger partial charge in [-0.25, -0.2) is 8.42 Å². The van der Waals surface area contributed by atoms with E-state index in [0.717, 1.165) is 9.69 Å². The monoisotopic (exact) mass is 320 g/mol. The Balaban J connectivity index is 1.94. The zero-order valence-corrected chi connectivity index (χ0v) is 12.9. The molecule has 0 aliphatic carbocycles. The summed E-state index contributed by atoms with van der Waals surface area (Å²) >= 11 is 0. The van der Waals surface area contributed by atoms with Crippen LogP contribution in [-0.4, -0.2) is 41.1 Å². The first-order valence-electron chi connectivity index (χ1n) is 6.86. The molecule has 0 fully saturated rings. The van der Waals surface area contributed by atoms with Crippen LogP contribution in [-0.2, 0) is 19.6 Å². The van der Waals surface area contributed by atoms with E-state index in [1.54, 1.807) is 24.3 Å². The highest BCUT2D eigenvalue weighted by atomic mass is 32.2. The van der Waals surface area contributed by atoms with Gasteiger partial charge in [0.1, 0.15) is 6.54 Å². The van der Waals surface area contributed by atoms with Crippen LogP contribution in [0.1, 0.15) is 0 Å². The molecule has 22 heavy (non-hydrogen) atoms. The summed E-state index contributed by atoms with van der Waals surface area (Å²) in [6.45, 7) is 0.495. The largest absolute Gasteiger partial charge is 0.383 e. The zero-order chi connectivity index (χ0) is 15.7. The van der Waals surface area contributed by atoms with Crippen molar-refractivity contribution >= 4 is 32.4 Å². The minimum absolute atomic E-state index is 0.236. The number of amides is 1. The highest BCUT2D eigenvalue weighted by molar-refractivity contribution is 7.93. The number of carbonyl (C=O) groups is 1. The predicted molar refractivity (Wildman–Crippen MR) is 83.4 cm³/mol. The predicted octanol–water partition coefficient (Wildman–Crippen LogP) is 1.11. The lowest BCUT2D eigenvalue weighted by Crippen LogP contribution is -2.40. The van der Waals surface area contributed by atoms with Gasteiger partial charge in [-0.15, -0.1) is 0 Å². The van der Waals surface area contributed by atoms with Crippen LogP contribution < -0.4 is 9.62 Å². The zero-order valence-electron chi connectivity index (χ0n) is 12.1. The summed E-state index contributed by atoms with van der Waals surface area (Å²) in [6, 6.07) is 10.5. The normalized spacial score (nSPS) is 15.2. The van der Waals surface area contributed by atoms with E-state index in [1.807, 2.05) is 12.1 Å². The fourth-order valence-electron chi connectivity index (χ4n) is 2.61. The number of hydrogen-bond acceptors (Lipinski definition) is 4. The van der Waals surface area contributed by atoms with Crippen molar-refractivity contribution in [2.45, 2.75) is 4.90 Å². The lowest BCUT2D eigenvalue weighted by molar-refractivity contribution is -0.119. The summed E-state index contributed by atoms with van der Waals surface area (Å²) < 4.78 is 31.3. The van der Waals surface area contributed by atoms with E-state index in [0.29, 0.717) is 24.2 Å². The second-order valence-corrected chi connectivity index (χ2v) is 6.82. The van der Waals surface area contributed by atoms with Gasteiger partial charge in [0, 0.05) is 19.0 Å². The molecule has 2 aromatic rings. The standard InChI is InChI=1S/C15H16N2O4S/c1-21-9-8-16-14(18)10-17-12-6-2-4-11-5-3-7-13(15(11)12)22(17,19)20/h2-7H,8-10H2,1H3,(H,16,18). The summed E-state index contributed by atoms with van der Waals surface area (Å²) in [7, 11) is -2.15. The van der Waals surface area contributed by atoms with Gasteiger partial charge in [-0.1, -0.05) is 24.3 Å². The van der Waals surface area contributed by atoms with Gasteiger partial charge in [-0.05, 0) is 17.5 Å². The molecule has 0 saturated carbocycles. The number of carbonyl (C=O) groups excluding carboxylic acids is 1. The molecule has 7 heteroatoms. The van der Waals surface area contributed by atoms with Crippen molar-refractivity contribution in [2.75, 3.05) is 31.1 Å². The minimum atomic E-state index is -3.68. The Labute approximate surface area is 128 Å². The lowest BCUT2D eigenvalue weighted by Gasteiger charge is -2.18. The number of benzene rings is 2. The number of hydrogen-bond donors (Lipinski definition) is 1. The topological polar surface area (TPSA) is 75.7 Å². The Kier molecular flexibility index (Phi) is 3.76. The Morgan fingerprint density at radius 3 is 2.68 bits per heavy atom. The average Bonchev–Trinajstić information content (AvgIpc) is 2.71. The van der Waals surface area contributed by atoms with Crippen molar-refractivity contribution < 1.29 is 17.9 Å². The first-order valence-corrected chi connectivity index (χ1v) is 8.30. The molecule has 0 aromatic heterocycles. The molecule has 0 radical (unpaired) electrons. The fraction of sp³-hybridized carbons (Fsp3) is 0.267. The highest BCUT2D eigenvalue weighted by Crippen LogP contribution is 2.41. The van der Waals surface area contributed by atoms with E-state index >= 15 is 0 Å². The lowest BCUT2D eigenvalue weighted by atomic mass is 10.1.